The van der Waals surface area contributed by atoms with Gasteiger partial charge in [-0.2, -0.15) is 4.31 Å². The van der Waals surface area contributed by atoms with Crippen LogP contribution < -0.4 is 10.1 Å². The Morgan fingerprint density at radius 2 is 1.87 bits per heavy atom. The van der Waals surface area contributed by atoms with Gasteiger partial charge in [0.1, 0.15) is 5.75 Å². The molecule has 2 aromatic rings. The summed E-state index contributed by atoms with van der Waals surface area (Å²) in [6, 6.07) is 11.2. The Kier molecular flexibility index (Phi) is 6.86. The van der Waals surface area contributed by atoms with Gasteiger partial charge in [-0.3, -0.25) is 9.59 Å². The molecule has 0 saturated carbocycles. The highest BCUT2D eigenvalue weighted by Crippen LogP contribution is 2.24. The second kappa shape index (κ2) is 9.38. The average Bonchev–Trinajstić information content (AvgIpc) is 2.73. The van der Waals surface area contributed by atoms with Crippen molar-refractivity contribution in [2.75, 3.05) is 38.2 Å². The molecule has 1 N–H and O–H groups in total. The van der Waals surface area contributed by atoms with Gasteiger partial charge >= 0.3 is 0 Å². The fourth-order valence-corrected chi connectivity index (χ4v) is 4.53. The zero-order chi connectivity index (χ0) is 21.7. The van der Waals surface area contributed by atoms with Crippen LogP contribution in [0, 0.1) is 6.92 Å². The van der Waals surface area contributed by atoms with E-state index in [0.717, 1.165) is 0 Å². The van der Waals surface area contributed by atoms with Gasteiger partial charge in [0, 0.05) is 24.3 Å². The van der Waals surface area contributed by atoms with E-state index in [1.807, 2.05) is 0 Å². The second-order valence-electron chi connectivity index (χ2n) is 6.92. The average molecular weight is 432 g/mol. The Balaban J connectivity index is 1.62. The van der Waals surface area contributed by atoms with Crippen LogP contribution in [0.4, 0.5) is 5.69 Å². The fraction of sp³-hybridized carbons (Fsp3) is 0.333. The quantitative estimate of drug-likeness (QED) is 0.674. The molecule has 1 saturated heterocycles. The molecular weight excluding hydrogens is 408 g/mol. The van der Waals surface area contributed by atoms with E-state index in [-0.39, 0.29) is 23.2 Å². The van der Waals surface area contributed by atoms with Crippen molar-refractivity contribution in [1.29, 1.82) is 0 Å². The summed E-state index contributed by atoms with van der Waals surface area (Å²) in [5.74, 6) is -0.0613. The summed E-state index contributed by atoms with van der Waals surface area (Å²) in [7, 11) is -3.59. The first-order valence-corrected chi connectivity index (χ1v) is 10.9. The molecule has 3 rings (SSSR count). The molecule has 9 heteroatoms. The van der Waals surface area contributed by atoms with Gasteiger partial charge in [0.05, 0.1) is 18.1 Å². The summed E-state index contributed by atoms with van der Waals surface area (Å²) in [6.45, 7) is 4.33. The zero-order valence-corrected chi connectivity index (χ0v) is 17.7. The highest BCUT2D eigenvalue weighted by atomic mass is 32.2. The molecule has 1 heterocycles. The van der Waals surface area contributed by atoms with Crippen LogP contribution in [-0.2, 0) is 19.6 Å². The Bertz CT molecular complexity index is 1050. The van der Waals surface area contributed by atoms with Crippen LogP contribution in [0.3, 0.4) is 0 Å². The van der Waals surface area contributed by atoms with Crippen molar-refractivity contribution in [3.8, 4) is 5.75 Å². The molecule has 1 aliphatic heterocycles. The lowest BCUT2D eigenvalue weighted by molar-refractivity contribution is -0.118. The Hall–Kier alpha value is -2.75. The molecule has 0 spiro atoms. The monoisotopic (exact) mass is 432 g/mol. The van der Waals surface area contributed by atoms with Gasteiger partial charge in [-0.05, 0) is 49.7 Å². The number of rotatable bonds is 7. The molecule has 8 nitrogen and oxygen atoms in total. The summed E-state index contributed by atoms with van der Waals surface area (Å²) < 4.78 is 37.6. The number of morpholine rings is 1. The number of ketones is 1. The number of ether oxygens (including phenoxy) is 2. The van der Waals surface area contributed by atoms with Crippen LogP contribution in [-0.4, -0.2) is 57.3 Å². The fourth-order valence-electron chi connectivity index (χ4n) is 3.04. The number of nitrogens with one attached hydrogen (secondary N) is 1. The molecular formula is C21H24N2O6S. The van der Waals surface area contributed by atoms with E-state index in [2.05, 4.69) is 5.32 Å². The summed E-state index contributed by atoms with van der Waals surface area (Å²) >= 11 is 0. The molecule has 1 aliphatic rings. The van der Waals surface area contributed by atoms with Crippen molar-refractivity contribution in [3.63, 3.8) is 0 Å². The lowest BCUT2D eigenvalue weighted by Gasteiger charge is -2.26. The molecule has 0 radical (unpaired) electrons. The number of anilines is 1. The number of hydrogen-bond donors (Lipinski definition) is 1. The lowest BCUT2D eigenvalue weighted by atomic mass is 10.1. The first-order valence-electron chi connectivity index (χ1n) is 9.49. The van der Waals surface area contributed by atoms with Crippen molar-refractivity contribution < 1.29 is 27.5 Å². The van der Waals surface area contributed by atoms with Gasteiger partial charge in [-0.25, -0.2) is 8.42 Å². The summed E-state index contributed by atoms with van der Waals surface area (Å²) in [5.41, 5.74) is 1.61. The highest BCUT2D eigenvalue weighted by Gasteiger charge is 2.26. The maximum atomic E-state index is 12.7. The largest absolute Gasteiger partial charge is 0.483 e. The standard InChI is InChI=1S/C21H24N2O6S/c1-15-12-19(30(26,27)23-8-10-28-11-9-23)6-7-20(15)29-14-21(25)22-18-5-3-4-17(13-18)16(2)24/h3-7,12-13H,8-11,14H2,1-2H3,(H,22,25). The molecule has 2 aromatic carbocycles. The van der Waals surface area contributed by atoms with E-state index in [4.69, 9.17) is 9.47 Å². The van der Waals surface area contributed by atoms with Crippen LogP contribution in [0.1, 0.15) is 22.8 Å². The van der Waals surface area contributed by atoms with Crippen molar-refractivity contribution in [1.82, 2.24) is 4.31 Å². The van der Waals surface area contributed by atoms with Gasteiger partial charge in [0.25, 0.3) is 5.91 Å². The predicted molar refractivity (Wildman–Crippen MR) is 111 cm³/mol. The SMILES string of the molecule is CC(=O)c1cccc(NC(=O)COc2ccc(S(=O)(=O)N3CCOCC3)cc2C)c1. The molecule has 0 atom stereocenters. The van der Waals surface area contributed by atoms with E-state index in [1.54, 1.807) is 37.3 Å². The Morgan fingerprint density at radius 1 is 1.13 bits per heavy atom. The molecule has 0 aliphatic carbocycles. The Morgan fingerprint density at radius 3 is 2.53 bits per heavy atom. The molecule has 0 bridgehead atoms. The van der Waals surface area contributed by atoms with Crippen molar-refractivity contribution in [2.24, 2.45) is 0 Å². The minimum Gasteiger partial charge on any atom is -0.483 e. The smallest absolute Gasteiger partial charge is 0.262 e. The number of carbonyl (C=O) groups is 2. The molecule has 0 aromatic heterocycles. The lowest BCUT2D eigenvalue weighted by Crippen LogP contribution is -2.40. The van der Waals surface area contributed by atoms with Gasteiger partial charge in [-0.1, -0.05) is 12.1 Å². The van der Waals surface area contributed by atoms with Crippen LogP contribution in [0.25, 0.3) is 0 Å². The summed E-state index contributed by atoms with van der Waals surface area (Å²) in [6.07, 6.45) is 0. The molecule has 1 amide bonds. The number of amides is 1. The third-order valence-electron chi connectivity index (χ3n) is 4.67. The van der Waals surface area contributed by atoms with E-state index in [0.29, 0.717) is 48.9 Å². The van der Waals surface area contributed by atoms with E-state index < -0.39 is 10.0 Å². The maximum absolute atomic E-state index is 12.7. The topological polar surface area (TPSA) is 102 Å². The summed E-state index contributed by atoms with van der Waals surface area (Å²) in [5, 5.41) is 2.67. The number of sulfonamides is 1. The summed E-state index contributed by atoms with van der Waals surface area (Å²) in [4.78, 5) is 23.8. The van der Waals surface area contributed by atoms with Gasteiger partial charge in [0.15, 0.2) is 12.4 Å². The molecule has 0 unspecified atom stereocenters. The third-order valence-corrected chi connectivity index (χ3v) is 6.56. The van der Waals surface area contributed by atoms with Crippen LogP contribution >= 0.6 is 0 Å². The second-order valence-corrected chi connectivity index (χ2v) is 8.86. The first kappa shape index (κ1) is 21.9. The minimum absolute atomic E-state index is 0.0925. The number of hydrogen-bond acceptors (Lipinski definition) is 6. The molecule has 30 heavy (non-hydrogen) atoms. The number of carbonyl (C=O) groups excluding carboxylic acids is 2. The minimum atomic E-state index is -3.59. The van der Waals surface area contributed by atoms with Crippen molar-refractivity contribution in [3.05, 3.63) is 53.6 Å². The normalized spacial score (nSPS) is 14.9. The number of aryl methyl sites for hydroxylation is 1. The number of nitrogens with zero attached hydrogens (tertiary/aromatic N) is 1. The van der Waals surface area contributed by atoms with Crippen LogP contribution in [0.2, 0.25) is 0 Å². The first-order chi connectivity index (χ1) is 14.3. The number of benzene rings is 2. The molecule has 1 fully saturated rings. The van der Waals surface area contributed by atoms with Crippen LogP contribution in [0.15, 0.2) is 47.4 Å². The Labute approximate surface area is 175 Å². The van der Waals surface area contributed by atoms with Gasteiger partial charge in [0.2, 0.25) is 10.0 Å². The third kappa shape index (κ3) is 5.24. The zero-order valence-electron chi connectivity index (χ0n) is 16.9. The van der Waals surface area contributed by atoms with Gasteiger partial charge < -0.3 is 14.8 Å². The van der Waals surface area contributed by atoms with Gasteiger partial charge in [-0.15, -0.1) is 0 Å². The van der Waals surface area contributed by atoms with E-state index >= 15 is 0 Å². The van der Waals surface area contributed by atoms with Crippen LogP contribution in [0.5, 0.6) is 5.75 Å². The van der Waals surface area contributed by atoms with Crippen molar-refractivity contribution in [2.45, 2.75) is 18.7 Å². The van der Waals surface area contributed by atoms with Crippen molar-refractivity contribution >= 4 is 27.4 Å². The molecule has 160 valence electrons. The maximum Gasteiger partial charge on any atom is 0.262 e. The predicted octanol–water partition coefficient (Wildman–Crippen LogP) is 2.24. The number of Topliss-reactive ketones (excluding diaryl/α,β-unsaturated/α-hetero) is 1. The van der Waals surface area contributed by atoms with E-state index in [1.165, 1.54) is 23.4 Å². The van der Waals surface area contributed by atoms with E-state index in [9.17, 15) is 18.0 Å². The highest BCUT2D eigenvalue weighted by molar-refractivity contribution is 7.89.